The van der Waals surface area contributed by atoms with Gasteiger partial charge in [0.1, 0.15) is 0 Å². The third-order valence-corrected chi connectivity index (χ3v) is 4.26. The number of nitrogens with zero attached hydrogens (tertiary/aromatic N) is 1. The van der Waals surface area contributed by atoms with E-state index in [0.29, 0.717) is 5.41 Å². The van der Waals surface area contributed by atoms with Crippen molar-refractivity contribution < 1.29 is 9.53 Å². The van der Waals surface area contributed by atoms with E-state index in [2.05, 4.69) is 4.85 Å². The van der Waals surface area contributed by atoms with Crippen molar-refractivity contribution >= 4 is 5.97 Å². The maximum atomic E-state index is 11.6. The molecule has 2 fully saturated rings. The number of hydrogen-bond donors (Lipinski definition) is 0. The molecule has 0 aromatic heterocycles. The van der Waals surface area contributed by atoms with Gasteiger partial charge in [-0.1, -0.05) is 24.8 Å². The summed E-state index contributed by atoms with van der Waals surface area (Å²) in [5.41, 5.74) is 1.69. The Bertz CT molecular complexity index is 384. The number of esters is 1. The van der Waals surface area contributed by atoms with E-state index in [4.69, 9.17) is 11.3 Å². The SMILES string of the molecule is [C-]#[N+]/C(C(=O)OC)=C1\CCCC2(CCCC2)C1. The van der Waals surface area contributed by atoms with Gasteiger partial charge in [-0.25, -0.2) is 4.85 Å². The van der Waals surface area contributed by atoms with Crippen LogP contribution in [0.15, 0.2) is 11.3 Å². The molecule has 0 aromatic carbocycles. The monoisotopic (exact) mass is 233 g/mol. The van der Waals surface area contributed by atoms with Crippen molar-refractivity contribution in [2.24, 2.45) is 5.41 Å². The Kier molecular flexibility index (Phi) is 3.51. The zero-order valence-electron chi connectivity index (χ0n) is 10.4. The minimum atomic E-state index is -0.454. The number of allylic oxidation sites excluding steroid dienone is 1. The van der Waals surface area contributed by atoms with Crippen LogP contribution in [0.2, 0.25) is 0 Å². The van der Waals surface area contributed by atoms with Crippen molar-refractivity contribution in [1.29, 1.82) is 0 Å². The molecule has 0 aliphatic heterocycles. The molecule has 0 saturated heterocycles. The van der Waals surface area contributed by atoms with Crippen molar-refractivity contribution in [1.82, 2.24) is 0 Å². The molecule has 2 saturated carbocycles. The van der Waals surface area contributed by atoms with E-state index in [1.54, 1.807) is 0 Å². The second kappa shape index (κ2) is 4.91. The van der Waals surface area contributed by atoms with Crippen molar-refractivity contribution in [2.45, 2.75) is 51.4 Å². The number of hydrogen-bond acceptors (Lipinski definition) is 2. The van der Waals surface area contributed by atoms with E-state index in [0.717, 1.165) is 24.8 Å². The number of ether oxygens (including phenoxy) is 1. The van der Waals surface area contributed by atoms with Gasteiger partial charge in [0.05, 0.1) is 13.7 Å². The predicted molar refractivity (Wildman–Crippen MR) is 65.0 cm³/mol. The zero-order valence-corrected chi connectivity index (χ0v) is 10.4. The fourth-order valence-corrected chi connectivity index (χ4v) is 3.43. The normalized spacial score (nSPS) is 25.4. The molecule has 2 rings (SSSR count). The summed E-state index contributed by atoms with van der Waals surface area (Å²) in [5, 5.41) is 0. The molecular formula is C14H19NO2. The number of rotatable bonds is 1. The molecule has 92 valence electrons. The molecule has 17 heavy (non-hydrogen) atoms. The van der Waals surface area contributed by atoms with Gasteiger partial charge in [-0.3, -0.25) is 4.79 Å². The Labute approximate surface area is 103 Å². The first kappa shape index (κ1) is 12.2. The lowest BCUT2D eigenvalue weighted by atomic mass is 9.70. The van der Waals surface area contributed by atoms with Gasteiger partial charge < -0.3 is 4.74 Å². The third kappa shape index (κ3) is 2.36. The summed E-state index contributed by atoms with van der Waals surface area (Å²) in [6.45, 7) is 7.16. The van der Waals surface area contributed by atoms with Crippen LogP contribution < -0.4 is 0 Å². The molecule has 0 atom stereocenters. The van der Waals surface area contributed by atoms with Gasteiger partial charge in [-0.05, 0) is 37.5 Å². The highest BCUT2D eigenvalue weighted by Crippen LogP contribution is 2.51. The van der Waals surface area contributed by atoms with Crippen LogP contribution in [0.1, 0.15) is 51.4 Å². The fraction of sp³-hybridized carbons (Fsp3) is 0.714. The predicted octanol–water partition coefficient (Wildman–Crippen LogP) is 3.47. The van der Waals surface area contributed by atoms with Crippen molar-refractivity contribution in [3.8, 4) is 0 Å². The van der Waals surface area contributed by atoms with Crippen molar-refractivity contribution in [2.75, 3.05) is 7.11 Å². The van der Waals surface area contributed by atoms with Crippen LogP contribution in [-0.4, -0.2) is 13.1 Å². The molecule has 2 aliphatic carbocycles. The highest BCUT2D eigenvalue weighted by atomic mass is 16.5. The van der Waals surface area contributed by atoms with Gasteiger partial charge in [0.2, 0.25) is 0 Å². The zero-order chi connectivity index (χ0) is 12.3. The lowest BCUT2D eigenvalue weighted by molar-refractivity contribution is -0.135. The van der Waals surface area contributed by atoms with E-state index in [1.807, 2.05) is 0 Å². The summed E-state index contributed by atoms with van der Waals surface area (Å²) in [6.07, 6.45) is 9.37. The highest BCUT2D eigenvalue weighted by molar-refractivity contribution is 5.91. The second-order valence-corrected chi connectivity index (χ2v) is 5.29. The first-order valence-electron chi connectivity index (χ1n) is 6.39. The van der Waals surface area contributed by atoms with Gasteiger partial charge in [0.15, 0.2) is 0 Å². The summed E-state index contributed by atoms with van der Waals surface area (Å²) in [4.78, 5) is 14.9. The highest BCUT2D eigenvalue weighted by Gasteiger charge is 2.37. The smallest absolute Gasteiger partial charge is 0.335 e. The van der Waals surface area contributed by atoms with Crippen molar-refractivity contribution in [3.63, 3.8) is 0 Å². The molecule has 0 heterocycles. The van der Waals surface area contributed by atoms with Crippen molar-refractivity contribution in [3.05, 3.63) is 22.7 Å². The first-order chi connectivity index (χ1) is 8.21. The largest absolute Gasteiger partial charge is 0.474 e. The van der Waals surface area contributed by atoms with E-state index in [9.17, 15) is 4.79 Å². The summed E-state index contributed by atoms with van der Waals surface area (Å²) in [5.74, 6) is -0.454. The van der Waals surface area contributed by atoms with Gasteiger partial charge >= 0.3 is 5.97 Å². The van der Waals surface area contributed by atoms with Crippen LogP contribution in [0.25, 0.3) is 4.85 Å². The maximum absolute atomic E-state index is 11.6. The van der Waals surface area contributed by atoms with Gasteiger partial charge in [0.25, 0.3) is 5.70 Å². The Balaban J connectivity index is 2.23. The van der Waals surface area contributed by atoms with E-state index in [-0.39, 0.29) is 5.70 Å². The second-order valence-electron chi connectivity index (χ2n) is 5.29. The van der Waals surface area contributed by atoms with Crippen LogP contribution in [0, 0.1) is 12.0 Å². The average molecular weight is 233 g/mol. The molecule has 2 aliphatic rings. The van der Waals surface area contributed by atoms with Crippen LogP contribution in [0.3, 0.4) is 0 Å². The Morgan fingerprint density at radius 3 is 2.53 bits per heavy atom. The number of carbonyl (C=O) groups excluding carboxylic acids is 1. The molecule has 1 spiro atoms. The molecule has 0 aromatic rings. The average Bonchev–Trinajstić information content (AvgIpc) is 2.78. The Morgan fingerprint density at radius 1 is 1.29 bits per heavy atom. The van der Waals surface area contributed by atoms with E-state index >= 15 is 0 Å². The molecule has 0 bridgehead atoms. The summed E-state index contributed by atoms with van der Waals surface area (Å²) in [6, 6.07) is 0. The van der Waals surface area contributed by atoms with Gasteiger partial charge in [-0.2, -0.15) is 0 Å². The molecule has 3 nitrogen and oxygen atoms in total. The van der Waals surface area contributed by atoms with Crippen LogP contribution >= 0.6 is 0 Å². The van der Waals surface area contributed by atoms with E-state index in [1.165, 1.54) is 39.2 Å². The summed E-state index contributed by atoms with van der Waals surface area (Å²) in [7, 11) is 1.35. The lowest BCUT2D eigenvalue weighted by Crippen LogP contribution is -2.23. The third-order valence-electron chi connectivity index (χ3n) is 4.26. The standard InChI is InChI=1S/C14H19NO2/c1-15-12(13(16)17-2)11-6-5-9-14(10-11)7-3-4-8-14/h3-10H2,2H3/b12-11+. The lowest BCUT2D eigenvalue weighted by Gasteiger charge is -2.35. The Morgan fingerprint density at radius 2 is 1.94 bits per heavy atom. The first-order valence-corrected chi connectivity index (χ1v) is 6.39. The van der Waals surface area contributed by atoms with Crippen LogP contribution in [0.4, 0.5) is 0 Å². The molecule has 0 amide bonds. The van der Waals surface area contributed by atoms with Crippen LogP contribution in [0.5, 0.6) is 0 Å². The molecular weight excluding hydrogens is 214 g/mol. The quantitative estimate of drug-likeness (QED) is 0.394. The Hall–Kier alpha value is -1.30. The fourth-order valence-electron chi connectivity index (χ4n) is 3.43. The minimum Gasteiger partial charge on any atom is -0.474 e. The maximum Gasteiger partial charge on any atom is 0.335 e. The van der Waals surface area contributed by atoms with Crippen LogP contribution in [-0.2, 0) is 9.53 Å². The number of carbonyl (C=O) groups is 1. The molecule has 0 N–H and O–H groups in total. The summed E-state index contributed by atoms with van der Waals surface area (Å²) >= 11 is 0. The molecule has 3 heteroatoms. The molecule has 0 unspecified atom stereocenters. The van der Waals surface area contributed by atoms with Gasteiger partial charge in [0, 0.05) is 0 Å². The topological polar surface area (TPSA) is 30.7 Å². The summed E-state index contributed by atoms with van der Waals surface area (Å²) < 4.78 is 4.70. The molecule has 0 radical (unpaired) electrons. The van der Waals surface area contributed by atoms with E-state index < -0.39 is 5.97 Å². The number of methoxy groups -OCH3 is 1. The minimum absolute atomic E-state index is 0.249. The van der Waals surface area contributed by atoms with Gasteiger partial charge in [-0.15, -0.1) is 0 Å².